The molecule has 1 saturated heterocycles. The van der Waals surface area contributed by atoms with E-state index in [0.717, 1.165) is 16.8 Å². The van der Waals surface area contributed by atoms with E-state index in [1.807, 2.05) is 61.5 Å². The zero-order valence-corrected chi connectivity index (χ0v) is 29.3. The molecule has 0 radical (unpaired) electrons. The van der Waals surface area contributed by atoms with Crippen molar-refractivity contribution in [3.05, 3.63) is 108 Å². The van der Waals surface area contributed by atoms with Gasteiger partial charge in [-0.15, -0.1) is 11.8 Å². The third-order valence-electron chi connectivity index (χ3n) is 8.24. The molecule has 48 heavy (non-hydrogen) atoms. The van der Waals surface area contributed by atoms with Crippen LogP contribution in [0.4, 0.5) is 17.1 Å². The van der Waals surface area contributed by atoms with Gasteiger partial charge in [0, 0.05) is 54.6 Å². The minimum absolute atomic E-state index is 0.00891. The lowest BCUT2D eigenvalue weighted by atomic mass is 9.87. The number of para-hydroxylation sites is 1. The number of anilines is 3. The van der Waals surface area contributed by atoms with Crippen LogP contribution in [0.5, 0.6) is 0 Å². The summed E-state index contributed by atoms with van der Waals surface area (Å²) < 4.78 is 31.3. The minimum atomic E-state index is -4.07. The minimum Gasteiger partial charge on any atom is -0.478 e. The highest BCUT2D eigenvalue weighted by atomic mass is 32.2. The number of nitrogens with zero attached hydrogens (tertiary/aromatic N) is 2. The van der Waals surface area contributed by atoms with Gasteiger partial charge in [-0.25, -0.2) is 4.79 Å². The quantitative estimate of drug-likeness (QED) is 0.142. The molecular formula is C37H42N4O5S2. The molecular weight excluding hydrogens is 645 g/mol. The van der Waals surface area contributed by atoms with Crippen LogP contribution in [-0.2, 0) is 20.4 Å². The number of amides is 1. The number of aryl methyl sites for hydroxylation is 1. The van der Waals surface area contributed by atoms with Crippen LogP contribution in [0.2, 0.25) is 0 Å². The first-order valence-corrected chi connectivity index (χ1v) is 18.3. The zero-order chi connectivity index (χ0) is 34.5. The van der Waals surface area contributed by atoms with E-state index in [9.17, 15) is 23.1 Å². The molecule has 0 unspecified atom stereocenters. The lowest BCUT2D eigenvalue weighted by Crippen LogP contribution is -2.50. The van der Waals surface area contributed by atoms with Crippen molar-refractivity contribution in [3.8, 4) is 11.1 Å². The van der Waals surface area contributed by atoms with Crippen LogP contribution in [-0.4, -0.2) is 61.6 Å². The molecule has 0 saturated carbocycles. The van der Waals surface area contributed by atoms with Crippen molar-refractivity contribution >= 4 is 50.9 Å². The molecule has 1 fully saturated rings. The van der Waals surface area contributed by atoms with Crippen LogP contribution in [0.3, 0.4) is 0 Å². The Bertz CT molecular complexity index is 1870. The number of nitrogens with one attached hydrogen (secondary N) is 2. The highest BCUT2D eigenvalue weighted by Gasteiger charge is 2.29. The highest BCUT2D eigenvalue weighted by Crippen LogP contribution is 2.37. The summed E-state index contributed by atoms with van der Waals surface area (Å²) in [5.74, 6) is -1.02. The van der Waals surface area contributed by atoms with Crippen molar-refractivity contribution in [2.24, 2.45) is 0 Å². The number of carboxylic acid groups (broad SMARTS) is 1. The molecule has 9 nitrogen and oxygen atoms in total. The van der Waals surface area contributed by atoms with Gasteiger partial charge in [0.15, 0.2) is 0 Å². The predicted molar refractivity (Wildman–Crippen MR) is 195 cm³/mol. The second-order valence-corrected chi connectivity index (χ2v) is 15.7. The molecule has 0 atom stereocenters. The number of piperazine rings is 1. The van der Waals surface area contributed by atoms with E-state index in [4.69, 9.17) is 0 Å². The van der Waals surface area contributed by atoms with Gasteiger partial charge in [-0.3, -0.25) is 9.52 Å². The predicted octanol–water partition coefficient (Wildman–Crippen LogP) is 7.26. The zero-order valence-electron chi connectivity index (χ0n) is 27.7. The first-order chi connectivity index (χ1) is 22.8. The lowest BCUT2D eigenvalue weighted by Gasteiger charge is -2.35. The third kappa shape index (κ3) is 8.77. The van der Waals surface area contributed by atoms with Crippen LogP contribution in [0.15, 0.2) is 95.9 Å². The number of rotatable bonds is 11. The second kappa shape index (κ2) is 14.8. The first kappa shape index (κ1) is 35.0. The highest BCUT2D eigenvalue weighted by molar-refractivity contribution is 7.99. The van der Waals surface area contributed by atoms with Crippen LogP contribution in [0.1, 0.15) is 48.7 Å². The topological polar surface area (TPSA) is 119 Å². The van der Waals surface area contributed by atoms with Crippen LogP contribution in [0, 0.1) is 6.92 Å². The fourth-order valence-corrected chi connectivity index (χ4v) is 7.82. The van der Waals surface area contributed by atoms with Crippen molar-refractivity contribution in [1.82, 2.24) is 4.31 Å². The molecule has 1 amide bonds. The molecule has 0 bridgehead atoms. The Hall–Kier alpha value is -4.32. The van der Waals surface area contributed by atoms with Crippen molar-refractivity contribution in [2.45, 2.75) is 44.4 Å². The molecule has 3 N–H and O–H groups in total. The number of hydrogen-bond acceptors (Lipinski definition) is 6. The number of carboxylic acids is 1. The number of hydrogen-bond donors (Lipinski definition) is 3. The van der Waals surface area contributed by atoms with Gasteiger partial charge in [0.1, 0.15) is 0 Å². The van der Waals surface area contributed by atoms with Crippen molar-refractivity contribution in [3.63, 3.8) is 0 Å². The van der Waals surface area contributed by atoms with Gasteiger partial charge >= 0.3 is 16.2 Å². The average molecular weight is 687 g/mol. The Morgan fingerprint density at radius 3 is 2.19 bits per heavy atom. The molecule has 4 aromatic rings. The van der Waals surface area contributed by atoms with E-state index < -0.39 is 16.2 Å². The maximum atomic E-state index is 13.7. The molecule has 5 rings (SSSR count). The lowest BCUT2D eigenvalue weighted by molar-refractivity contribution is -0.115. The molecule has 0 aliphatic carbocycles. The number of carbonyl (C=O) groups excluding carboxylic acids is 1. The van der Waals surface area contributed by atoms with E-state index in [1.165, 1.54) is 27.7 Å². The Balaban J connectivity index is 1.34. The summed E-state index contributed by atoms with van der Waals surface area (Å²) in [7, 11) is -4.07. The van der Waals surface area contributed by atoms with Gasteiger partial charge in [0.2, 0.25) is 5.91 Å². The smallest absolute Gasteiger partial charge is 0.337 e. The number of benzene rings is 4. The van der Waals surface area contributed by atoms with Gasteiger partial charge in [0.25, 0.3) is 0 Å². The number of thioether (sulfide) groups is 1. The van der Waals surface area contributed by atoms with Gasteiger partial charge in [0.05, 0.1) is 11.3 Å². The number of carbonyl (C=O) groups is 2. The Morgan fingerprint density at radius 1 is 0.875 bits per heavy atom. The summed E-state index contributed by atoms with van der Waals surface area (Å²) >= 11 is 1.36. The fraction of sp³-hybridized carbons (Fsp3) is 0.297. The molecule has 11 heteroatoms. The van der Waals surface area contributed by atoms with E-state index in [2.05, 4.69) is 60.0 Å². The molecule has 1 heterocycles. The van der Waals surface area contributed by atoms with Crippen molar-refractivity contribution < 1.29 is 23.1 Å². The molecule has 1 aliphatic rings. The molecule has 0 aromatic heterocycles. The Kier molecular flexibility index (Phi) is 10.8. The van der Waals surface area contributed by atoms with E-state index in [1.54, 1.807) is 6.07 Å². The van der Waals surface area contributed by atoms with Gasteiger partial charge in [-0.05, 0) is 65.4 Å². The monoisotopic (exact) mass is 686 g/mol. The van der Waals surface area contributed by atoms with E-state index in [-0.39, 0.29) is 42.1 Å². The third-order valence-corrected chi connectivity index (χ3v) is 10.8. The fourth-order valence-electron chi connectivity index (χ4n) is 5.56. The molecule has 0 spiro atoms. The Labute approximate surface area is 287 Å². The first-order valence-electron chi connectivity index (χ1n) is 15.9. The molecule has 1 aliphatic heterocycles. The van der Waals surface area contributed by atoms with E-state index >= 15 is 0 Å². The summed E-state index contributed by atoms with van der Waals surface area (Å²) in [6.07, 6.45) is 0.205. The maximum Gasteiger partial charge on any atom is 0.337 e. The van der Waals surface area contributed by atoms with E-state index in [0.29, 0.717) is 35.0 Å². The molecule has 252 valence electrons. The largest absolute Gasteiger partial charge is 0.478 e. The summed E-state index contributed by atoms with van der Waals surface area (Å²) in [5.41, 5.74) is 5.33. The normalized spacial score (nSPS) is 14.0. The summed E-state index contributed by atoms with van der Waals surface area (Å²) in [6.45, 7) is 9.96. The number of aromatic carboxylic acids is 1. The second-order valence-electron chi connectivity index (χ2n) is 12.9. The van der Waals surface area contributed by atoms with Crippen LogP contribution in [0.25, 0.3) is 11.1 Å². The summed E-state index contributed by atoms with van der Waals surface area (Å²) in [5, 5.41) is 13.0. The van der Waals surface area contributed by atoms with Crippen molar-refractivity contribution in [2.75, 3.05) is 46.9 Å². The summed E-state index contributed by atoms with van der Waals surface area (Å²) in [6, 6.07) is 28.4. The Morgan fingerprint density at radius 2 is 1.56 bits per heavy atom. The maximum absolute atomic E-state index is 13.7. The van der Waals surface area contributed by atoms with Crippen LogP contribution >= 0.6 is 11.8 Å². The SMILES string of the molecule is Cc1cccc(-c2cc(NS(=O)(=O)N3CCN(c4ccc(C(C)(C)C)cc4)CC3)c(C(=O)O)cc2SCCC(=O)Nc2ccccc2)c1. The van der Waals surface area contributed by atoms with Gasteiger partial charge in [-0.1, -0.05) is 80.9 Å². The molecule has 4 aromatic carbocycles. The van der Waals surface area contributed by atoms with Gasteiger partial charge < -0.3 is 15.3 Å². The van der Waals surface area contributed by atoms with Crippen LogP contribution < -0.4 is 14.9 Å². The van der Waals surface area contributed by atoms with Gasteiger partial charge in [-0.2, -0.15) is 12.7 Å². The average Bonchev–Trinajstić information content (AvgIpc) is 3.05. The standard InChI is InChI=1S/C37H42N4O5S2/c1-26-9-8-10-27(23-26)31-24-33(32(36(43)44)25-34(31)47-22-17-35(42)38-29-11-6-5-7-12-29)39-48(45,46)41-20-18-40(19-21-41)30-15-13-28(14-16-30)37(2,3)4/h5-16,23-25,39H,17-22H2,1-4H3,(H,38,42)(H,43,44). The summed E-state index contributed by atoms with van der Waals surface area (Å²) in [4.78, 5) is 27.9. The van der Waals surface area contributed by atoms with Crippen molar-refractivity contribution in [1.29, 1.82) is 0 Å².